The van der Waals surface area contributed by atoms with Gasteiger partial charge in [-0.2, -0.15) is 0 Å². The average Bonchev–Trinajstić information content (AvgIpc) is 2.29. The zero-order valence-electron chi connectivity index (χ0n) is 14.0. The number of ether oxygens (including phenoxy) is 1. The van der Waals surface area contributed by atoms with Gasteiger partial charge >= 0.3 is 6.09 Å². The summed E-state index contributed by atoms with van der Waals surface area (Å²) in [6.07, 6.45) is -0.438. The van der Waals surface area contributed by atoms with Gasteiger partial charge in [0.25, 0.3) is 0 Å². The Labute approximate surface area is 127 Å². The summed E-state index contributed by atoms with van der Waals surface area (Å²) in [5.41, 5.74) is -0.559. The van der Waals surface area contributed by atoms with Gasteiger partial charge in [-0.25, -0.2) is 4.79 Å². The number of carbonyl (C=O) groups is 2. The molecule has 2 atom stereocenters. The molecule has 2 amide bonds. The van der Waals surface area contributed by atoms with E-state index < -0.39 is 17.8 Å². The highest BCUT2D eigenvalue weighted by Crippen LogP contribution is 2.07. The Kier molecular flexibility index (Phi) is 8.32. The second-order valence-corrected chi connectivity index (χ2v) is 6.81. The number of hydrogen-bond donors (Lipinski definition) is 3. The monoisotopic (exact) mass is 302 g/mol. The van der Waals surface area contributed by atoms with Gasteiger partial charge in [-0.05, 0) is 33.1 Å². The highest BCUT2D eigenvalue weighted by atomic mass is 16.6. The Morgan fingerprint density at radius 1 is 1.10 bits per heavy atom. The second-order valence-electron chi connectivity index (χ2n) is 6.81. The minimum Gasteiger partial charge on any atom is -0.444 e. The van der Waals surface area contributed by atoms with Crippen LogP contribution in [0, 0.1) is 11.8 Å². The normalized spacial score (nSPS) is 14.5. The minimum atomic E-state index is -0.559. The van der Waals surface area contributed by atoms with Gasteiger partial charge in [0, 0.05) is 13.1 Å². The molecule has 0 heterocycles. The molecule has 3 N–H and O–H groups in total. The number of aliphatic hydroxyl groups is 1. The highest BCUT2D eigenvalue weighted by Gasteiger charge is 2.19. The maximum Gasteiger partial charge on any atom is 0.407 e. The lowest BCUT2D eigenvalue weighted by Crippen LogP contribution is -2.41. The van der Waals surface area contributed by atoms with E-state index in [0.717, 1.165) is 0 Å². The Morgan fingerprint density at radius 2 is 1.67 bits per heavy atom. The van der Waals surface area contributed by atoms with E-state index in [2.05, 4.69) is 10.6 Å². The van der Waals surface area contributed by atoms with Crippen molar-refractivity contribution < 1.29 is 19.4 Å². The van der Waals surface area contributed by atoms with Crippen LogP contribution in [0.2, 0.25) is 0 Å². The molecule has 0 aromatic heterocycles. The van der Waals surface area contributed by atoms with Crippen molar-refractivity contribution >= 4 is 12.0 Å². The molecule has 6 nitrogen and oxygen atoms in total. The van der Waals surface area contributed by atoms with Gasteiger partial charge in [-0.1, -0.05) is 20.8 Å². The number of rotatable bonds is 7. The summed E-state index contributed by atoms with van der Waals surface area (Å²) in [6, 6.07) is 0. The molecular formula is C15H30N2O4. The summed E-state index contributed by atoms with van der Waals surface area (Å²) in [5, 5.41) is 14.9. The summed E-state index contributed by atoms with van der Waals surface area (Å²) >= 11 is 0. The first kappa shape index (κ1) is 19.7. The fraction of sp³-hybridized carbons (Fsp3) is 0.867. The van der Waals surface area contributed by atoms with Crippen LogP contribution in [0.15, 0.2) is 0 Å². The topological polar surface area (TPSA) is 87.7 Å². The summed E-state index contributed by atoms with van der Waals surface area (Å²) in [6.45, 7) is 11.5. The Hall–Kier alpha value is -1.30. The van der Waals surface area contributed by atoms with E-state index in [4.69, 9.17) is 4.74 Å². The Balaban J connectivity index is 3.98. The molecule has 0 saturated carbocycles. The van der Waals surface area contributed by atoms with E-state index >= 15 is 0 Å². The lowest BCUT2D eigenvalue weighted by atomic mass is 10.1. The maximum absolute atomic E-state index is 11.8. The van der Waals surface area contributed by atoms with E-state index in [-0.39, 0.29) is 24.9 Å². The van der Waals surface area contributed by atoms with Crippen LogP contribution in [0.25, 0.3) is 0 Å². The summed E-state index contributed by atoms with van der Waals surface area (Å²) in [5.74, 6) is -0.208. The standard InChI is InChI=1S/C15H30N2O4/c1-10(2)7-12(18)9-16-13(19)11(3)8-17-14(20)21-15(4,5)6/h10-12,18H,7-9H2,1-6H3,(H,16,19)(H,17,20)/t11-,12+/m1/s1. The van der Waals surface area contributed by atoms with E-state index in [0.29, 0.717) is 12.3 Å². The summed E-state index contributed by atoms with van der Waals surface area (Å²) in [7, 11) is 0. The smallest absolute Gasteiger partial charge is 0.407 e. The second kappa shape index (κ2) is 8.87. The third kappa shape index (κ3) is 11.1. The van der Waals surface area contributed by atoms with Gasteiger partial charge in [0.05, 0.1) is 12.0 Å². The summed E-state index contributed by atoms with van der Waals surface area (Å²) < 4.78 is 5.09. The quantitative estimate of drug-likeness (QED) is 0.667. The molecule has 0 aliphatic carbocycles. The van der Waals surface area contributed by atoms with Crippen molar-refractivity contribution in [3.63, 3.8) is 0 Å². The van der Waals surface area contributed by atoms with Crippen molar-refractivity contribution in [3.05, 3.63) is 0 Å². The van der Waals surface area contributed by atoms with Crippen LogP contribution in [0.5, 0.6) is 0 Å². The fourth-order valence-corrected chi connectivity index (χ4v) is 1.66. The molecule has 0 aromatic rings. The van der Waals surface area contributed by atoms with E-state index in [1.54, 1.807) is 27.7 Å². The molecule has 0 radical (unpaired) electrons. The van der Waals surface area contributed by atoms with Crippen LogP contribution in [-0.4, -0.2) is 41.9 Å². The molecule has 0 bridgehead atoms. The molecule has 21 heavy (non-hydrogen) atoms. The molecule has 0 rings (SSSR count). The van der Waals surface area contributed by atoms with E-state index in [1.165, 1.54) is 0 Å². The van der Waals surface area contributed by atoms with Gasteiger partial charge in [0.2, 0.25) is 5.91 Å². The van der Waals surface area contributed by atoms with Crippen LogP contribution in [0.3, 0.4) is 0 Å². The number of amides is 2. The van der Waals surface area contributed by atoms with Gasteiger partial charge < -0.3 is 20.5 Å². The third-order valence-corrected chi connectivity index (χ3v) is 2.65. The van der Waals surface area contributed by atoms with Crippen molar-refractivity contribution in [2.75, 3.05) is 13.1 Å². The third-order valence-electron chi connectivity index (χ3n) is 2.65. The molecule has 6 heteroatoms. The predicted octanol–water partition coefficient (Wildman–Crippen LogP) is 1.67. The molecule has 0 fully saturated rings. The molecule has 0 aliphatic rings. The van der Waals surface area contributed by atoms with Gasteiger partial charge in [-0.3, -0.25) is 4.79 Å². The number of alkyl carbamates (subject to hydrolysis) is 1. The lowest BCUT2D eigenvalue weighted by molar-refractivity contribution is -0.124. The molecule has 0 spiro atoms. The Morgan fingerprint density at radius 3 is 2.14 bits per heavy atom. The van der Waals surface area contributed by atoms with Gasteiger partial charge in [0.15, 0.2) is 0 Å². The highest BCUT2D eigenvalue weighted by molar-refractivity contribution is 5.79. The molecule has 124 valence electrons. The average molecular weight is 302 g/mol. The van der Waals surface area contributed by atoms with Crippen LogP contribution in [-0.2, 0) is 9.53 Å². The van der Waals surface area contributed by atoms with Gasteiger partial charge in [0.1, 0.15) is 5.60 Å². The molecular weight excluding hydrogens is 272 g/mol. The number of hydrogen-bond acceptors (Lipinski definition) is 4. The first-order chi connectivity index (χ1) is 9.51. The zero-order valence-corrected chi connectivity index (χ0v) is 14.0. The lowest BCUT2D eigenvalue weighted by Gasteiger charge is -2.21. The van der Waals surface area contributed by atoms with Crippen molar-refractivity contribution in [3.8, 4) is 0 Å². The zero-order chi connectivity index (χ0) is 16.6. The Bertz CT molecular complexity index is 337. The summed E-state index contributed by atoms with van der Waals surface area (Å²) in [4.78, 5) is 23.3. The van der Waals surface area contributed by atoms with Gasteiger partial charge in [-0.15, -0.1) is 0 Å². The van der Waals surface area contributed by atoms with Crippen molar-refractivity contribution in [2.45, 2.75) is 59.7 Å². The SMILES string of the molecule is CC(C)C[C@H](O)CNC(=O)[C@H](C)CNC(=O)OC(C)(C)C. The van der Waals surface area contributed by atoms with Crippen LogP contribution in [0.1, 0.15) is 48.0 Å². The molecule has 0 unspecified atom stereocenters. The molecule has 0 aliphatic heterocycles. The first-order valence-electron chi connectivity index (χ1n) is 7.44. The van der Waals surface area contributed by atoms with Crippen molar-refractivity contribution in [1.82, 2.24) is 10.6 Å². The van der Waals surface area contributed by atoms with Crippen LogP contribution < -0.4 is 10.6 Å². The van der Waals surface area contributed by atoms with E-state index in [9.17, 15) is 14.7 Å². The van der Waals surface area contributed by atoms with E-state index in [1.807, 2.05) is 13.8 Å². The first-order valence-corrected chi connectivity index (χ1v) is 7.44. The fourth-order valence-electron chi connectivity index (χ4n) is 1.66. The predicted molar refractivity (Wildman–Crippen MR) is 81.9 cm³/mol. The van der Waals surface area contributed by atoms with Crippen molar-refractivity contribution in [2.24, 2.45) is 11.8 Å². The molecule has 0 aromatic carbocycles. The molecule has 0 saturated heterocycles. The largest absolute Gasteiger partial charge is 0.444 e. The number of aliphatic hydroxyl groups excluding tert-OH is 1. The van der Waals surface area contributed by atoms with Crippen LogP contribution >= 0.6 is 0 Å². The maximum atomic E-state index is 11.8. The van der Waals surface area contributed by atoms with Crippen LogP contribution in [0.4, 0.5) is 4.79 Å². The minimum absolute atomic E-state index is 0.195. The van der Waals surface area contributed by atoms with Crippen molar-refractivity contribution in [1.29, 1.82) is 0 Å². The number of nitrogens with one attached hydrogen (secondary N) is 2. The number of carbonyl (C=O) groups excluding carboxylic acids is 2.